The molecule has 97 valence electrons. The van der Waals surface area contributed by atoms with Gasteiger partial charge in [-0.25, -0.2) is 0 Å². The molecule has 3 nitrogen and oxygen atoms in total. The Hall–Kier alpha value is -1.84. The lowest BCUT2D eigenvalue weighted by Crippen LogP contribution is -2.22. The SMILES string of the molecule is [c]1ccc(C2COCCO2)c(Oc2ccccc2)c1. The van der Waals surface area contributed by atoms with Gasteiger partial charge in [-0.2, -0.15) is 0 Å². The van der Waals surface area contributed by atoms with Crippen molar-refractivity contribution in [3.05, 3.63) is 60.2 Å². The maximum absolute atomic E-state index is 5.90. The number of hydrogen-bond acceptors (Lipinski definition) is 3. The van der Waals surface area contributed by atoms with Crippen molar-refractivity contribution in [2.75, 3.05) is 19.8 Å². The van der Waals surface area contributed by atoms with Crippen molar-refractivity contribution in [3.63, 3.8) is 0 Å². The molecule has 2 aromatic carbocycles. The first kappa shape index (κ1) is 12.2. The van der Waals surface area contributed by atoms with E-state index >= 15 is 0 Å². The Morgan fingerprint density at radius 2 is 2.00 bits per heavy atom. The summed E-state index contributed by atoms with van der Waals surface area (Å²) in [5, 5.41) is 0. The quantitative estimate of drug-likeness (QED) is 0.841. The second kappa shape index (κ2) is 5.87. The summed E-state index contributed by atoms with van der Waals surface area (Å²) in [4.78, 5) is 0. The van der Waals surface area contributed by atoms with Gasteiger partial charge in [-0.1, -0.05) is 30.3 Å². The first-order valence-corrected chi connectivity index (χ1v) is 6.36. The Balaban J connectivity index is 1.84. The molecule has 0 bridgehead atoms. The van der Waals surface area contributed by atoms with E-state index in [1.54, 1.807) is 0 Å². The fourth-order valence-corrected chi connectivity index (χ4v) is 2.06. The minimum absolute atomic E-state index is 0.0675. The van der Waals surface area contributed by atoms with E-state index in [2.05, 4.69) is 6.07 Å². The van der Waals surface area contributed by atoms with Gasteiger partial charge < -0.3 is 14.2 Å². The second-order valence-corrected chi connectivity index (χ2v) is 4.31. The molecule has 0 spiro atoms. The van der Waals surface area contributed by atoms with Crippen LogP contribution in [-0.2, 0) is 9.47 Å². The highest BCUT2D eigenvalue weighted by atomic mass is 16.6. The van der Waals surface area contributed by atoms with Gasteiger partial charge in [0.05, 0.1) is 19.8 Å². The summed E-state index contributed by atoms with van der Waals surface area (Å²) in [5.74, 6) is 1.57. The summed E-state index contributed by atoms with van der Waals surface area (Å²) in [6.07, 6.45) is -0.0675. The zero-order valence-electron chi connectivity index (χ0n) is 10.5. The smallest absolute Gasteiger partial charge is 0.133 e. The Kier molecular flexibility index (Phi) is 3.77. The van der Waals surface area contributed by atoms with Crippen molar-refractivity contribution < 1.29 is 14.2 Å². The number of hydrogen-bond donors (Lipinski definition) is 0. The van der Waals surface area contributed by atoms with Crippen LogP contribution in [0.5, 0.6) is 11.5 Å². The number of benzene rings is 2. The average molecular weight is 255 g/mol. The van der Waals surface area contributed by atoms with Crippen LogP contribution in [-0.4, -0.2) is 19.8 Å². The molecule has 1 atom stereocenters. The van der Waals surface area contributed by atoms with Crippen molar-refractivity contribution in [1.82, 2.24) is 0 Å². The Bertz CT molecular complexity index is 519. The largest absolute Gasteiger partial charge is 0.457 e. The minimum atomic E-state index is -0.0675. The highest BCUT2D eigenvalue weighted by molar-refractivity contribution is 5.39. The third-order valence-electron chi connectivity index (χ3n) is 2.99. The molecule has 0 N–H and O–H groups in total. The highest BCUT2D eigenvalue weighted by Gasteiger charge is 2.20. The third kappa shape index (κ3) is 2.95. The zero-order valence-corrected chi connectivity index (χ0v) is 10.5. The molecule has 3 heteroatoms. The van der Waals surface area contributed by atoms with Crippen LogP contribution in [0.1, 0.15) is 11.7 Å². The van der Waals surface area contributed by atoms with E-state index < -0.39 is 0 Å². The van der Waals surface area contributed by atoms with Gasteiger partial charge in [-0.15, -0.1) is 0 Å². The van der Waals surface area contributed by atoms with Crippen molar-refractivity contribution in [2.24, 2.45) is 0 Å². The summed E-state index contributed by atoms with van der Waals surface area (Å²) >= 11 is 0. The number of rotatable bonds is 3. The van der Waals surface area contributed by atoms with Crippen LogP contribution < -0.4 is 4.74 Å². The van der Waals surface area contributed by atoms with Gasteiger partial charge in [-0.05, 0) is 24.3 Å². The van der Waals surface area contributed by atoms with Crippen LogP contribution in [0.3, 0.4) is 0 Å². The molecule has 19 heavy (non-hydrogen) atoms. The van der Waals surface area contributed by atoms with Gasteiger partial charge in [-0.3, -0.25) is 0 Å². The second-order valence-electron chi connectivity index (χ2n) is 4.31. The topological polar surface area (TPSA) is 27.7 Å². The maximum atomic E-state index is 5.90. The van der Waals surface area contributed by atoms with Crippen molar-refractivity contribution in [2.45, 2.75) is 6.10 Å². The van der Waals surface area contributed by atoms with Gasteiger partial charge in [0.25, 0.3) is 0 Å². The summed E-state index contributed by atoms with van der Waals surface area (Å²) < 4.78 is 17.1. The molecular weight excluding hydrogens is 240 g/mol. The number of para-hydroxylation sites is 1. The third-order valence-corrected chi connectivity index (χ3v) is 2.99. The predicted molar refractivity (Wildman–Crippen MR) is 71.3 cm³/mol. The summed E-state index contributed by atoms with van der Waals surface area (Å²) in [5.41, 5.74) is 1.00. The van der Waals surface area contributed by atoms with Crippen molar-refractivity contribution in [3.8, 4) is 11.5 Å². The lowest BCUT2D eigenvalue weighted by molar-refractivity contribution is -0.0906. The monoisotopic (exact) mass is 255 g/mol. The van der Waals surface area contributed by atoms with Gasteiger partial charge in [0, 0.05) is 5.56 Å². The molecule has 1 saturated heterocycles. The van der Waals surface area contributed by atoms with Crippen LogP contribution in [0.25, 0.3) is 0 Å². The Labute approximate surface area is 112 Å². The molecule has 1 aliphatic rings. The molecule has 1 aliphatic heterocycles. The number of ether oxygens (including phenoxy) is 3. The van der Waals surface area contributed by atoms with E-state index in [9.17, 15) is 0 Å². The van der Waals surface area contributed by atoms with E-state index in [4.69, 9.17) is 14.2 Å². The Morgan fingerprint density at radius 1 is 1.11 bits per heavy atom. The molecule has 1 heterocycles. The highest BCUT2D eigenvalue weighted by Crippen LogP contribution is 2.32. The standard InChI is InChI=1S/C16H15O3/c1-2-6-13(7-3-1)19-15-9-5-4-8-14(15)16-12-17-10-11-18-16/h1-4,6-9,16H,10-12H2. The van der Waals surface area contributed by atoms with Crippen LogP contribution in [0.4, 0.5) is 0 Å². The fraction of sp³-hybridized carbons (Fsp3) is 0.250. The van der Waals surface area contributed by atoms with Crippen LogP contribution in [0.15, 0.2) is 48.5 Å². The van der Waals surface area contributed by atoms with Crippen molar-refractivity contribution in [1.29, 1.82) is 0 Å². The van der Waals surface area contributed by atoms with Gasteiger partial charge in [0.15, 0.2) is 0 Å². The van der Waals surface area contributed by atoms with E-state index in [1.165, 1.54) is 0 Å². The van der Waals surface area contributed by atoms with E-state index in [0.717, 1.165) is 17.1 Å². The molecule has 3 rings (SSSR count). The molecule has 0 aliphatic carbocycles. The summed E-state index contributed by atoms with van der Waals surface area (Å²) in [6, 6.07) is 18.4. The molecule has 2 aromatic rings. The molecule has 0 saturated carbocycles. The van der Waals surface area contributed by atoms with E-state index in [-0.39, 0.29) is 6.10 Å². The van der Waals surface area contributed by atoms with Gasteiger partial charge >= 0.3 is 0 Å². The minimum Gasteiger partial charge on any atom is -0.457 e. The average Bonchev–Trinajstić information content (AvgIpc) is 2.50. The molecular formula is C16H15O3. The fourth-order valence-electron chi connectivity index (χ4n) is 2.06. The predicted octanol–water partition coefficient (Wildman–Crippen LogP) is 3.37. The van der Waals surface area contributed by atoms with Crippen LogP contribution in [0.2, 0.25) is 0 Å². The molecule has 0 aromatic heterocycles. The normalized spacial score (nSPS) is 19.1. The first-order valence-electron chi connectivity index (χ1n) is 6.36. The molecule has 1 unspecified atom stereocenters. The van der Waals surface area contributed by atoms with E-state index in [0.29, 0.717) is 19.8 Å². The molecule has 0 amide bonds. The van der Waals surface area contributed by atoms with Crippen molar-refractivity contribution >= 4 is 0 Å². The molecule has 1 radical (unpaired) electrons. The Morgan fingerprint density at radius 3 is 2.79 bits per heavy atom. The maximum Gasteiger partial charge on any atom is 0.133 e. The lowest BCUT2D eigenvalue weighted by Gasteiger charge is -2.24. The summed E-state index contributed by atoms with van der Waals surface area (Å²) in [7, 11) is 0. The zero-order chi connectivity index (χ0) is 12.9. The summed E-state index contributed by atoms with van der Waals surface area (Å²) in [6.45, 7) is 1.84. The van der Waals surface area contributed by atoms with Gasteiger partial charge in [0.1, 0.15) is 17.6 Å². The van der Waals surface area contributed by atoms with E-state index in [1.807, 2.05) is 48.5 Å². The van der Waals surface area contributed by atoms with Gasteiger partial charge in [0.2, 0.25) is 0 Å². The van der Waals surface area contributed by atoms with Crippen LogP contribution >= 0.6 is 0 Å². The first-order chi connectivity index (χ1) is 9.43. The lowest BCUT2D eigenvalue weighted by atomic mass is 10.1. The molecule has 1 fully saturated rings. The van der Waals surface area contributed by atoms with Crippen LogP contribution in [0, 0.1) is 6.07 Å².